The highest BCUT2D eigenvalue weighted by Gasteiger charge is 2.10. The molecule has 0 heterocycles. The molecule has 0 saturated heterocycles. The van der Waals surface area contributed by atoms with Gasteiger partial charge >= 0.3 is 0 Å². The smallest absolute Gasteiger partial charge is 0.169 e. The SMILES string of the molecule is CC(=O)C(C)Oc1cccc2ccccc12. The van der Waals surface area contributed by atoms with Crippen molar-refractivity contribution in [2.45, 2.75) is 20.0 Å². The van der Waals surface area contributed by atoms with Crippen molar-refractivity contribution in [3.63, 3.8) is 0 Å². The van der Waals surface area contributed by atoms with E-state index >= 15 is 0 Å². The maximum absolute atomic E-state index is 11.2. The number of rotatable bonds is 3. The van der Waals surface area contributed by atoms with Crippen LogP contribution in [0.3, 0.4) is 0 Å². The molecule has 2 aromatic carbocycles. The third kappa shape index (κ3) is 2.06. The number of ketones is 1. The lowest BCUT2D eigenvalue weighted by atomic mass is 10.1. The van der Waals surface area contributed by atoms with E-state index in [-0.39, 0.29) is 5.78 Å². The van der Waals surface area contributed by atoms with Crippen molar-refractivity contribution in [2.75, 3.05) is 0 Å². The van der Waals surface area contributed by atoms with Gasteiger partial charge in [-0.3, -0.25) is 4.79 Å². The van der Waals surface area contributed by atoms with Gasteiger partial charge in [0.05, 0.1) is 0 Å². The van der Waals surface area contributed by atoms with Gasteiger partial charge in [-0.2, -0.15) is 0 Å². The van der Waals surface area contributed by atoms with E-state index in [4.69, 9.17) is 4.74 Å². The van der Waals surface area contributed by atoms with E-state index in [9.17, 15) is 4.79 Å². The Kier molecular flexibility index (Phi) is 2.91. The summed E-state index contributed by atoms with van der Waals surface area (Å²) in [7, 11) is 0. The van der Waals surface area contributed by atoms with Crippen molar-refractivity contribution in [3.8, 4) is 5.75 Å². The molecule has 2 aromatic rings. The second-order valence-electron chi connectivity index (χ2n) is 3.85. The minimum atomic E-state index is -0.397. The number of benzene rings is 2. The molecule has 16 heavy (non-hydrogen) atoms. The zero-order chi connectivity index (χ0) is 11.5. The molecule has 0 fully saturated rings. The molecule has 1 atom stereocenters. The Morgan fingerprint density at radius 1 is 1.12 bits per heavy atom. The van der Waals surface area contributed by atoms with Crippen molar-refractivity contribution in [3.05, 3.63) is 42.5 Å². The van der Waals surface area contributed by atoms with Gasteiger partial charge in [0, 0.05) is 5.39 Å². The van der Waals surface area contributed by atoms with Gasteiger partial charge in [-0.05, 0) is 25.3 Å². The minimum Gasteiger partial charge on any atom is -0.482 e. The van der Waals surface area contributed by atoms with Crippen LogP contribution >= 0.6 is 0 Å². The molecule has 0 N–H and O–H groups in total. The summed E-state index contributed by atoms with van der Waals surface area (Å²) in [6, 6.07) is 13.8. The van der Waals surface area contributed by atoms with E-state index in [1.165, 1.54) is 6.92 Å². The van der Waals surface area contributed by atoms with Gasteiger partial charge in [0.15, 0.2) is 11.9 Å². The van der Waals surface area contributed by atoms with E-state index in [1.807, 2.05) is 42.5 Å². The first kappa shape index (κ1) is 10.7. The fourth-order valence-corrected chi connectivity index (χ4v) is 1.57. The number of Topliss-reactive ketones (excluding diaryl/α,β-unsaturated/α-hetero) is 1. The first-order valence-corrected chi connectivity index (χ1v) is 5.33. The monoisotopic (exact) mass is 214 g/mol. The molecule has 2 heteroatoms. The molecule has 0 amide bonds. The van der Waals surface area contributed by atoms with Gasteiger partial charge in [0.1, 0.15) is 5.75 Å². The first-order valence-electron chi connectivity index (χ1n) is 5.33. The van der Waals surface area contributed by atoms with Crippen molar-refractivity contribution >= 4 is 16.6 Å². The van der Waals surface area contributed by atoms with E-state index in [2.05, 4.69) is 0 Å². The van der Waals surface area contributed by atoms with Crippen LogP contribution in [0.2, 0.25) is 0 Å². The summed E-state index contributed by atoms with van der Waals surface area (Å²) in [6.45, 7) is 3.31. The molecule has 0 saturated carbocycles. The predicted molar refractivity (Wildman–Crippen MR) is 64.7 cm³/mol. The summed E-state index contributed by atoms with van der Waals surface area (Å²) < 4.78 is 5.64. The van der Waals surface area contributed by atoms with Crippen LogP contribution in [-0.2, 0) is 4.79 Å². The largest absolute Gasteiger partial charge is 0.482 e. The highest BCUT2D eigenvalue weighted by molar-refractivity contribution is 5.89. The fraction of sp³-hybridized carbons (Fsp3) is 0.214. The Morgan fingerprint density at radius 3 is 2.56 bits per heavy atom. The van der Waals surface area contributed by atoms with Crippen LogP contribution in [0.15, 0.2) is 42.5 Å². The minimum absolute atomic E-state index is 0.0351. The van der Waals surface area contributed by atoms with Crippen molar-refractivity contribution in [1.82, 2.24) is 0 Å². The number of carbonyl (C=O) groups excluding carboxylic acids is 1. The first-order chi connectivity index (χ1) is 7.68. The third-order valence-electron chi connectivity index (χ3n) is 2.63. The summed E-state index contributed by atoms with van der Waals surface area (Å²) in [5.41, 5.74) is 0. The lowest BCUT2D eigenvalue weighted by Gasteiger charge is -2.13. The molecule has 2 rings (SSSR count). The molecule has 0 spiro atoms. The summed E-state index contributed by atoms with van der Waals surface area (Å²) in [5.74, 6) is 0.800. The van der Waals surface area contributed by atoms with Crippen LogP contribution in [0, 0.1) is 0 Å². The highest BCUT2D eigenvalue weighted by Crippen LogP contribution is 2.25. The van der Waals surface area contributed by atoms with E-state index in [0.29, 0.717) is 0 Å². The number of fused-ring (bicyclic) bond motifs is 1. The van der Waals surface area contributed by atoms with Crippen molar-refractivity contribution in [1.29, 1.82) is 0 Å². The summed E-state index contributed by atoms with van der Waals surface area (Å²) in [5, 5.41) is 2.16. The molecule has 0 bridgehead atoms. The van der Waals surface area contributed by atoms with Crippen molar-refractivity contribution < 1.29 is 9.53 Å². The lowest BCUT2D eigenvalue weighted by Crippen LogP contribution is -2.20. The fourth-order valence-electron chi connectivity index (χ4n) is 1.57. The van der Waals surface area contributed by atoms with Gasteiger partial charge in [0.25, 0.3) is 0 Å². The number of hydrogen-bond acceptors (Lipinski definition) is 2. The second kappa shape index (κ2) is 4.35. The quantitative estimate of drug-likeness (QED) is 0.784. The maximum Gasteiger partial charge on any atom is 0.169 e. The van der Waals surface area contributed by atoms with Gasteiger partial charge in [0.2, 0.25) is 0 Å². The van der Waals surface area contributed by atoms with Crippen molar-refractivity contribution in [2.24, 2.45) is 0 Å². The summed E-state index contributed by atoms with van der Waals surface area (Å²) >= 11 is 0. The second-order valence-corrected chi connectivity index (χ2v) is 3.85. The number of hydrogen-bond donors (Lipinski definition) is 0. The summed E-state index contributed by atoms with van der Waals surface area (Å²) in [6.07, 6.45) is -0.397. The predicted octanol–water partition coefficient (Wildman–Crippen LogP) is 3.20. The Bertz CT molecular complexity index is 512. The van der Waals surface area contributed by atoms with Crippen LogP contribution in [0.1, 0.15) is 13.8 Å². The molecule has 2 nitrogen and oxygen atoms in total. The summed E-state index contributed by atoms with van der Waals surface area (Å²) in [4.78, 5) is 11.2. The van der Waals surface area contributed by atoms with Crippen LogP contribution < -0.4 is 4.74 Å². The topological polar surface area (TPSA) is 26.3 Å². The van der Waals surface area contributed by atoms with Gasteiger partial charge in [-0.25, -0.2) is 0 Å². The Hall–Kier alpha value is -1.83. The Morgan fingerprint density at radius 2 is 1.81 bits per heavy atom. The average Bonchev–Trinajstić information content (AvgIpc) is 2.29. The Balaban J connectivity index is 2.41. The molecular weight excluding hydrogens is 200 g/mol. The molecule has 1 unspecified atom stereocenters. The molecular formula is C14H14O2. The van der Waals surface area contributed by atoms with Crippen LogP contribution in [-0.4, -0.2) is 11.9 Å². The number of carbonyl (C=O) groups is 1. The standard InChI is InChI=1S/C14H14O2/c1-10(15)11(2)16-14-9-5-7-12-6-3-4-8-13(12)14/h3-9,11H,1-2H3. The molecule has 0 aliphatic carbocycles. The molecule has 0 aromatic heterocycles. The molecule has 0 aliphatic heterocycles. The van der Waals surface area contributed by atoms with Crippen LogP contribution in [0.4, 0.5) is 0 Å². The zero-order valence-electron chi connectivity index (χ0n) is 9.44. The van der Waals surface area contributed by atoms with Gasteiger partial charge in [-0.15, -0.1) is 0 Å². The molecule has 0 aliphatic rings. The van der Waals surface area contributed by atoms with Gasteiger partial charge < -0.3 is 4.74 Å². The van der Waals surface area contributed by atoms with E-state index in [1.54, 1.807) is 6.92 Å². The van der Waals surface area contributed by atoms with Crippen LogP contribution in [0.5, 0.6) is 5.75 Å². The lowest BCUT2D eigenvalue weighted by molar-refractivity contribution is -0.122. The Labute approximate surface area is 94.8 Å². The number of ether oxygens (including phenoxy) is 1. The molecule has 82 valence electrons. The molecule has 0 radical (unpaired) electrons. The normalized spacial score (nSPS) is 12.4. The third-order valence-corrected chi connectivity index (χ3v) is 2.63. The van der Waals surface area contributed by atoms with Gasteiger partial charge in [-0.1, -0.05) is 36.4 Å². The van der Waals surface area contributed by atoms with E-state index in [0.717, 1.165) is 16.5 Å². The maximum atomic E-state index is 11.2. The zero-order valence-corrected chi connectivity index (χ0v) is 9.44. The average molecular weight is 214 g/mol. The van der Waals surface area contributed by atoms with E-state index < -0.39 is 6.10 Å². The highest BCUT2D eigenvalue weighted by atomic mass is 16.5. The van der Waals surface area contributed by atoms with Crippen LogP contribution in [0.25, 0.3) is 10.8 Å².